The monoisotopic (exact) mass is 464 g/mol. The number of carboxylic acid groups (broad SMARTS) is 1. The number of carbonyl (C=O) groups is 3. The molecule has 2 aromatic carbocycles. The van der Waals surface area contributed by atoms with Gasteiger partial charge in [-0.1, -0.05) is 48.5 Å². The van der Waals surface area contributed by atoms with E-state index in [-0.39, 0.29) is 43.7 Å². The average molecular weight is 465 g/mol. The molecule has 1 saturated carbocycles. The first-order valence-electron chi connectivity index (χ1n) is 11.7. The van der Waals surface area contributed by atoms with Gasteiger partial charge < -0.3 is 25.2 Å². The van der Waals surface area contributed by atoms with Crippen LogP contribution in [0.2, 0.25) is 0 Å². The van der Waals surface area contributed by atoms with Crippen LogP contribution in [0.1, 0.15) is 42.7 Å². The second-order valence-corrected chi connectivity index (χ2v) is 9.41. The molecule has 8 heteroatoms. The van der Waals surface area contributed by atoms with Crippen LogP contribution >= 0.6 is 0 Å². The zero-order valence-electron chi connectivity index (χ0n) is 18.7. The molecule has 2 aromatic rings. The number of β-amino-alcohol motifs (C(OH)–C–C–N with tert-alkyl or cyclic N) is 1. The molecule has 3 N–H and O–H groups in total. The number of nitrogens with one attached hydrogen (secondary N) is 1. The van der Waals surface area contributed by atoms with Crippen molar-refractivity contribution in [3.05, 3.63) is 59.7 Å². The number of carbonyl (C=O) groups excluding carboxylic acids is 2. The van der Waals surface area contributed by atoms with Gasteiger partial charge in [0.25, 0.3) is 0 Å². The van der Waals surface area contributed by atoms with E-state index in [1.165, 1.54) is 4.90 Å². The Morgan fingerprint density at radius 2 is 1.65 bits per heavy atom. The number of ether oxygens (including phenoxy) is 1. The molecule has 1 saturated heterocycles. The number of amides is 2. The summed E-state index contributed by atoms with van der Waals surface area (Å²) in [6, 6.07) is 14.7. The lowest BCUT2D eigenvalue weighted by molar-refractivity contribution is -0.148. The molecule has 0 radical (unpaired) electrons. The van der Waals surface area contributed by atoms with E-state index in [4.69, 9.17) is 4.74 Å². The maximum Gasteiger partial charge on any atom is 0.407 e. The molecular weight excluding hydrogens is 436 g/mol. The fourth-order valence-corrected chi connectivity index (χ4v) is 5.25. The van der Waals surface area contributed by atoms with Crippen molar-refractivity contribution < 1.29 is 29.3 Å². The van der Waals surface area contributed by atoms with Crippen molar-refractivity contribution in [1.29, 1.82) is 0 Å². The Bertz CT molecular complexity index is 1070. The van der Waals surface area contributed by atoms with Crippen molar-refractivity contribution in [2.24, 2.45) is 5.92 Å². The lowest BCUT2D eigenvalue weighted by Gasteiger charge is -2.25. The quantitative estimate of drug-likeness (QED) is 0.580. The predicted octanol–water partition coefficient (Wildman–Crippen LogP) is 2.74. The van der Waals surface area contributed by atoms with Crippen molar-refractivity contribution in [3.63, 3.8) is 0 Å². The number of fused-ring (bicyclic) bond motifs is 3. The van der Waals surface area contributed by atoms with E-state index in [9.17, 15) is 24.6 Å². The summed E-state index contributed by atoms with van der Waals surface area (Å²) < 4.78 is 5.62. The molecule has 0 spiro atoms. The smallest absolute Gasteiger partial charge is 0.407 e. The molecular formula is C26H28N2O6. The molecule has 0 bridgehead atoms. The van der Waals surface area contributed by atoms with Gasteiger partial charge in [-0.2, -0.15) is 0 Å². The van der Waals surface area contributed by atoms with Gasteiger partial charge in [-0.15, -0.1) is 0 Å². The summed E-state index contributed by atoms with van der Waals surface area (Å²) in [4.78, 5) is 38.2. The second-order valence-electron chi connectivity index (χ2n) is 9.41. The van der Waals surface area contributed by atoms with Crippen LogP contribution in [-0.4, -0.2) is 64.4 Å². The molecule has 34 heavy (non-hydrogen) atoms. The van der Waals surface area contributed by atoms with Crippen molar-refractivity contribution in [3.8, 4) is 11.1 Å². The van der Waals surface area contributed by atoms with E-state index >= 15 is 0 Å². The molecule has 3 atom stereocenters. The molecule has 1 heterocycles. The SMILES string of the molecule is O=C(NC(CC(=O)N1CC(O)C[C@H]1C(=O)O)C1CC1)OCC1c2ccccc2-c2ccccc21. The number of carboxylic acids is 1. The van der Waals surface area contributed by atoms with Gasteiger partial charge in [0.15, 0.2) is 0 Å². The lowest BCUT2D eigenvalue weighted by atomic mass is 9.98. The zero-order chi connectivity index (χ0) is 23.8. The number of hydrogen-bond donors (Lipinski definition) is 3. The molecule has 2 fully saturated rings. The van der Waals surface area contributed by atoms with Crippen LogP contribution in [0, 0.1) is 5.92 Å². The van der Waals surface area contributed by atoms with Crippen LogP contribution in [0.4, 0.5) is 4.79 Å². The van der Waals surface area contributed by atoms with Crippen LogP contribution in [0.15, 0.2) is 48.5 Å². The average Bonchev–Trinajstić information content (AvgIpc) is 3.52. The summed E-state index contributed by atoms with van der Waals surface area (Å²) >= 11 is 0. The largest absolute Gasteiger partial charge is 0.480 e. The van der Waals surface area contributed by atoms with Crippen LogP contribution in [0.25, 0.3) is 11.1 Å². The molecule has 2 unspecified atom stereocenters. The third-order valence-electron chi connectivity index (χ3n) is 7.12. The summed E-state index contributed by atoms with van der Waals surface area (Å²) in [5.41, 5.74) is 4.54. The highest BCUT2D eigenvalue weighted by Gasteiger charge is 2.41. The minimum absolute atomic E-state index is 0.00185. The number of aliphatic hydroxyl groups excluding tert-OH is 1. The maximum atomic E-state index is 12.8. The number of likely N-dealkylation sites (tertiary alicyclic amines) is 1. The van der Waals surface area contributed by atoms with E-state index in [1.54, 1.807) is 0 Å². The number of aliphatic carboxylic acids is 1. The lowest BCUT2D eigenvalue weighted by Crippen LogP contribution is -2.45. The normalized spacial score (nSPS) is 22.1. The predicted molar refractivity (Wildman–Crippen MR) is 123 cm³/mol. The second kappa shape index (κ2) is 9.10. The van der Waals surface area contributed by atoms with Gasteiger partial charge in [0, 0.05) is 31.3 Å². The van der Waals surface area contributed by atoms with Gasteiger partial charge in [0.05, 0.1) is 6.10 Å². The Morgan fingerprint density at radius 1 is 1.03 bits per heavy atom. The van der Waals surface area contributed by atoms with Gasteiger partial charge in [0.2, 0.25) is 5.91 Å². The Morgan fingerprint density at radius 3 is 2.24 bits per heavy atom. The Labute approximate surface area is 197 Å². The Balaban J connectivity index is 1.22. The number of rotatable bonds is 7. The number of aliphatic hydroxyl groups is 1. The van der Waals surface area contributed by atoms with Gasteiger partial charge >= 0.3 is 12.1 Å². The van der Waals surface area contributed by atoms with Gasteiger partial charge in [-0.05, 0) is 41.0 Å². The molecule has 5 rings (SSSR count). The van der Waals surface area contributed by atoms with Crippen LogP contribution in [-0.2, 0) is 14.3 Å². The Hall–Kier alpha value is -3.39. The highest BCUT2D eigenvalue weighted by Crippen LogP contribution is 2.44. The van der Waals surface area contributed by atoms with E-state index < -0.39 is 30.3 Å². The van der Waals surface area contributed by atoms with Gasteiger partial charge in [-0.25, -0.2) is 9.59 Å². The molecule has 178 valence electrons. The van der Waals surface area contributed by atoms with E-state index in [0.717, 1.165) is 35.1 Å². The van der Waals surface area contributed by atoms with E-state index in [0.29, 0.717) is 0 Å². The molecule has 3 aliphatic rings. The molecule has 0 aromatic heterocycles. The summed E-state index contributed by atoms with van der Waals surface area (Å²) in [5.74, 6) is -1.39. The van der Waals surface area contributed by atoms with E-state index in [1.807, 2.05) is 24.3 Å². The topological polar surface area (TPSA) is 116 Å². The highest BCUT2D eigenvalue weighted by molar-refractivity contribution is 5.85. The zero-order valence-corrected chi connectivity index (χ0v) is 18.7. The number of nitrogens with zero attached hydrogens (tertiary/aromatic N) is 1. The summed E-state index contributed by atoms with van der Waals surface area (Å²) in [6.45, 7) is 0.183. The summed E-state index contributed by atoms with van der Waals surface area (Å²) in [5, 5.41) is 22.0. The minimum Gasteiger partial charge on any atom is -0.480 e. The summed E-state index contributed by atoms with van der Waals surface area (Å²) in [7, 11) is 0. The van der Waals surface area contributed by atoms with Crippen molar-refractivity contribution in [2.75, 3.05) is 13.2 Å². The van der Waals surface area contributed by atoms with Crippen LogP contribution < -0.4 is 5.32 Å². The molecule has 2 aliphatic carbocycles. The number of benzene rings is 2. The first-order chi connectivity index (χ1) is 16.4. The van der Waals surface area contributed by atoms with Crippen LogP contribution in [0.5, 0.6) is 0 Å². The first kappa shape index (κ1) is 22.4. The third kappa shape index (κ3) is 4.37. The maximum absolute atomic E-state index is 12.8. The van der Waals surface area contributed by atoms with Crippen molar-refractivity contribution in [2.45, 2.75) is 49.8 Å². The van der Waals surface area contributed by atoms with Gasteiger partial charge in [-0.3, -0.25) is 4.79 Å². The summed E-state index contributed by atoms with van der Waals surface area (Å²) in [6.07, 6.45) is 0.377. The third-order valence-corrected chi connectivity index (χ3v) is 7.12. The highest BCUT2D eigenvalue weighted by atomic mass is 16.5. The fraction of sp³-hybridized carbons (Fsp3) is 0.423. The van der Waals surface area contributed by atoms with Crippen LogP contribution in [0.3, 0.4) is 0 Å². The number of alkyl carbamates (subject to hydrolysis) is 1. The Kier molecular flexibility index (Phi) is 6.00. The van der Waals surface area contributed by atoms with E-state index in [2.05, 4.69) is 29.6 Å². The standard InChI is InChI=1S/C26H28N2O6/c29-16-11-23(25(31)32)28(13-16)24(30)12-22(15-9-10-15)27-26(33)34-14-21-19-7-3-1-5-17(19)18-6-2-4-8-20(18)21/h1-8,15-16,21-23,29H,9-14H2,(H,27,33)(H,31,32)/t16?,22?,23-/m0/s1. The molecule has 8 nitrogen and oxygen atoms in total. The van der Waals surface area contributed by atoms with Gasteiger partial charge in [0.1, 0.15) is 12.6 Å². The number of hydrogen-bond acceptors (Lipinski definition) is 5. The minimum atomic E-state index is -1.13. The first-order valence-corrected chi connectivity index (χ1v) is 11.7. The van der Waals surface area contributed by atoms with Crippen molar-refractivity contribution in [1.82, 2.24) is 10.2 Å². The molecule has 2 amide bonds. The molecule has 1 aliphatic heterocycles. The fourth-order valence-electron chi connectivity index (χ4n) is 5.25. The van der Waals surface area contributed by atoms with Crippen molar-refractivity contribution >= 4 is 18.0 Å².